The van der Waals surface area contributed by atoms with Crippen LogP contribution < -0.4 is 0 Å². The minimum atomic E-state index is 1.25. The summed E-state index contributed by atoms with van der Waals surface area (Å²) in [6.07, 6.45) is 0. The fourth-order valence-electron chi connectivity index (χ4n) is 7.38. The van der Waals surface area contributed by atoms with Gasteiger partial charge in [0.15, 0.2) is 0 Å². The number of benzene rings is 8. The number of thiophene rings is 3. The van der Waals surface area contributed by atoms with Crippen molar-refractivity contribution in [2.75, 3.05) is 0 Å². The molecule has 47 heavy (non-hydrogen) atoms. The molecule has 11 rings (SSSR count). The Hall–Kier alpha value is -5.06. The van der Waals surface area contributed by atoms with Crippen LogP contribution in [0.5, 0.6) is 0 Å². The predicted molar refractivity (Wildman–Crippen MR) is 211 cm³/mol. The van der Waals surface area contributed by atoms with Crippen LogP contribution in [0.25, 0.3) is 104 Å². The molecule has 0 N–H and O–H groups in total. The van der Waals surface area contributed by atoms with E-state index in [1.54, 1.807) is 0 Å². The summed E-state index contributed by atoms with van der Waals surface area (Å²) in [6, 6.07) is 54.6. The third-order valence-electron chi connectivity index (χ3n) is 9.79. The summed E-state index contributed by atoms with van der Waals surface area (Å²) in [7, 11) is 0. The summed E-state index contributed by atoms with van der Waals surface area (Å²) in [5, 5.41) is 13.2. The molecule has 0 unspecified atom stereocenters. The maximum atomic E-state index is 2.40. The van der Waals surface area contributed by atoms with Crippen molar-refractivity contribution < 1.29 is 0 Å². The van der Waals surface area contributed by atoms with Crippen LogP contribution >= 0.6 is 34.0 Å². The molecular formula is C44H24S3. The summed E-state index contributed by atoms with van der Waals surface area (Å²) in [5.41, 5.74) is 5.04. The van der Waals surface area contributed by atoms with E-state index in [9.17, 15) is 0 Å². The third kappa shape index (κ3) is 3.98. The van der Waals surface area contributed by atoms with Gasteiger partial charge in [-0.2, -0.15) is 0 Å². The molecule has 3 heterocycles. The average Bonchev–Trinajstić information content (AvgIpc) is 3.78. The zero-order chi connectivity index (χ0) is 30.6. The van der Waals surface area contributed by atoms with Gasteiger partial charge in [0.25, 0.3) is 0 Å². The van der Waals surface area contributed by atoms with Gasteiger partial charge in [-0.05, 0) is 109 Å². The molecule has 8 aromatic carbocycles. The lowest BCUT2D eigenvalue weighted by Crippen LogP contribution is -1.83. The van der Waals surface area contributed by atoms with E-state index in [0.717, 1.165) is 0 Å². The quantitative estimate of drug-likeness (QED) is 0.175. The van der Waals surface area contributed by atoms with E-state index >= 15 is 0 Å². The second-order valence-corrected chi connectivity index (χ2v) is 15.7. The maximum Gasteiger partial charge on any atom is 0.0542 e. The van der Waals surface area contributed by atoms with E-state index in [4.69, 9.17) is 0 Å². The smallest absolute Gasteiger partial charge is 0.0542 e. The SMILES string of the molecule is c1ccc2cc3c(cc2c1)sc1c2cc4ccc(-c5ccc6cc(-c7ccc8c(c7)sc7ccccc78)ccc6c5)cc4cc2sc31. The van der Waals surface area contributed by atoms with Crippen molar-refractivity contribution in [2.45, 2.75) is 0 Å². The van der Waals surface area contributed by atoms with E-state index in [2.05, 4.69) is 146 Å². The van der Waals surface area contributed by atoms with Gasteiger partial charge in [0.05, 0.1) is 9.40 Å². The van der Waals surface area contributed by atoms with Crippen LogP contribution in [0.4, 0.5) is 0 Å². The maximum absolute atomic E-state index is 2.40. The molecule has 0 bridgehead atoms. The van der Waals surface area contributed by atoms with Crippen LogP contribution in [0.3, 0.4) is 0 Å². The van der Waals surface area contributed by atoms with Crippen molar-refractivity contribution in [1.82, 2.24) is 0 Å². The van der Waals surface area contributed by atoms with E-state index in [1.807, 2.05) is 34.0 Å². The van der Waals surface area contributed by atoms with Gasteiger partial charge in [0, 0.05) is 40.3 Å². The Kier molecular flexibility index (Phi) is 5.39. The molecule has 3 heteroatoms. The van der Waals surface area contributed by atoms with Crippen molar-refractivity contribution in [1.29, 1.82) is 0 Å². The summed E-state index contributed by atoms with van der Waals surface area (Å²) in [4.78, 5) is 0. The number of hydrogen-bond donors (Lipinski definition) is 0. The van der Waals surface area contributed by atoms with Crippen LogP contribution in [-0.4, -0.2) is 0 Å². The Morgan fingerprint density at radius 2 is 0.702 bits per heavy atom. The Balaban J connectivity index is 0.968. The van der Waals surface area contributed by atoms with Gasteiger partial charge in [0.2, 0.25) is 0 Å². The number of hydrogen-bond acceptors (Lipinski definition) is 3. The minimum Gasteiger partial charge on any atom is -0.135 e. The first-order chi connectivity index (χ1) is 23.2. The Bertz CT molecular complexity index is 3080. The Labute approximate surface area is 282 Å². The molecule has 218 valence electrons. The van der Waals surface area contributed by atoms with Crippen molar-refractivity contribution in [2.24, 2.45) is 0 Å². The van der Waals surface area contributed by atoms with Crippen molar-refractivity contribution in [3.05, 3.63) is 146 Å². The summed E-state index contributed by atoms with van der Waals surface area (Å²) >= 11 is 5.75. The zero-order valence-corrected chi connectivity index (χ0v) is 27.5. The van der Waals surface area contributed by atoms with E-state index in [1.165, 1.54) is 104 Å². The van der Waals surface area contributed by atoms with E-state index in [0.29, 0.717) is 0 Å². The van der Waals surface area contributed by atoms with E-state index < -0.39 is 0 Å². The van der Waals surface area contributed by atoms with Gasteiger partial charge in [0.1, 0.15) is 0 Å². The first-order valence-electron chi connectivity index (χ1n) is 15.9. The first-order valence-corrected chi connectivity index (χ1v) is 18.3. The standard InChI is InChI=1S/C44H24S3/c1-2-6-26-22-41-37(20-25(26)5-1)43-44(46-41)38-21-32-14-13-31(19-34(32)24-42(38)47-43)29-10-9-28-18-30(12-11-27(28)17-29)33-15-16-36-35-7-3-4-8-39(35)45-40(36)23-33/h1-24H. The van der Waals surface area contributed by atoms with Crippen LogP contribution in [0, 0.1) is 0 Å². The molecule has 3 aromatic heterocycles. The topological polar surface area (TPSA) is 0 Å². The molecular weight excluding hydrogens is 625 g/mol. The van der Waals surface area contributed by atoms with Gasteiger partial charge in [-0.25, -0.2) is 0 Å². The van der Waals surface area contributed by atoms with Gasteiger partial charge in [-0.1, -0.05) is 91.0 Å². The van der Waals surface area contributed by atoms with Crippen LogP contribution in [0.1, 0.15) is 0 Å². The first kappa shape index (κ1) is 26.1. The molecule has 0 saturated carbocycles. The second-order valence-electron chi connectivity index (χ2n) is 12.6. The molecule has 0 nitrogen and oxygen atoms in total. The highest BCUT2D eigenvalue weighted by Gasteiger charge is 2.14. The predicted octanol–water partition coefficient (Wildman–Crippen LogP) is 14.4. The van der Waals surface area contributed by atoms with Crippen LogP contribution in [-0.2, 0) is 0 Å². The highest BCUT2D eigenvalue weighted by Crippen LogP contribution is 2.46. The Morgan fingerprint density at radius 3 is 1.38 bits per heavy atom. The number of fused-ring (bicyclic) bond motifs is 11. The summed E-state index contributed by atoms with van der Waals surface area (Å²) in [5.74, 6) is 0. The molecule has 0 aliphatic rings. The number of rotatable bonds is 2. The average molecular weight is 649 g/mol. The molecule has 0 aliphatic carbocycles. The van der Waals surface area contributed by atoms with Crippen LogP contribution in [0.2, 0.25) is 0 Å². The lowest BCUT2D eigenvalue weighted by Gasteiger charge is -2.09. The Morgan fingerprint density at radius 1 is 0.255 bits per heavy atom. The minimum absolute atomic E-state index is 1.25. The van der Waals surface area contributed by atoms with Crippen LogP contribution in [0.15, 0.2) is 146 Å². The zero-order valence-electron chi connectivity index (χ0n) is 25.1. The molecule has 0 saturated heterocycles. The largest absolute Gasteiger partial charge is 0.135 e. The highest BCUT2D eigenvalue weighted by atomic mass is 32.1. The molecule has 0 amide bonds. The lowest BCUT2D eigenvalue weighted by atomic mass is 9.96. The molecule has 0 spiro atoms. The van der Waals surface area contributed by atoms with Gasteiger partial charge >= 0.3 is 0 Å². The van der Waals surface area contributed by atoms with Crippen molar-refractivity contribution in [3.63, 3.8) is 0 Å². The summed E-state index contributed by atoms with van der Waals surface area (Å²) in [6.45, 7) is 0. The molecule has 0 fully saturated rings. The third-order valence-corrected chi connectivity index (χ3v) is 13.4. The fraction of sp³-hybridized carbons (Fsp3) is 0. The fourth-order valence-corrected chi connectivity index (χ4v) is 11.2. The van der Waals surface area contributed by atoms with Crippen molar-refractivity contribution in [3.8, 4) is 22.3 Å². The normalized spacial score (nSPS) is 12.3. The molecule has 0 aliphatic heterocycles. The molecule has 0 atom stereocenters. The van der Waals surface area contributed by atoms with Crippen molar-refractivity contribution >= 4 is 116 Å². The summed E-state index contributed by atoms with van der Waals surface area (Å²) < 4.78 is 8.27. The van der Waals surface area contributed by atoms with Gasteiger partial charge in [-0.15, -0.1) is 34.0 Å². The molecule has 11 aromatic rings. The second kappa shape index (κ2) is 9.73. The lowest BCUT2D eigenvalue weighted by molar-refractivity contribution is 1.66. The highest BCUT2D eigenvalue weighted by molar-refractivity contribution is 7.36. The molecule has 0 radical (unpaired) electrons. The monoisotopic (exact) mass is 648 g/mol. The van der Waals surface area contributed by atoms with Gasteiger partial charge in [-0.3, -0.25) is 0 Å². The van der Waals surface area contributed by atoms with E-state index in [-0.39, 0.29) is 0 Å². The van der Waals surface area contributed by atoms with Gasteiger partial charge < -0.3 is 0 Å².